The van der Waals surface area contributed by atoms with Crippen LogP contribution in [-0.2, 0) is 4.79 Å². The fraction of sp³-hybridized carbons (Fsp3) is 0.923. The molecule has 0 aliphatic heterocycles. The van der Waals surface area contributed by atoms with E-state index in [1.54, 1.807) is 0 Å². The molecule has 2 atom stereocenters. The average Bonchev–Trinajstić information content (AvgIpc) is 3.00. The van der Waals surface area contributed by atoms with Crippen LogP contribution >= 0.6 is 11.8 Å². The molecule has 1 rings (SSSR count). The van der Waals surface area contributed by atoms with Crippen LogP contribution in [0.15, 0.2) is 0 Å². The SMILES string of the molecule is CC(C)C(C)SCCC(C)(NC1CC1)C(N)=O. The first-order valence-electron chi connectivity index (χ1n) is 6.54. The molecule has 100 valence electrons. The largest absolute Gasteiger partial charge is 0.368 e. The van der Waals surface area contributed by atoms with Crippen molar-refractivity contribution >= 4 is 17.7 Å². The molecule has 4 heteroatoms. The first-order valence-corrected chi connectivity index (χ1v) is 7.59. The molecule has 0 aromatic carbocycles. The summed E-state index contributed by atoms with van der Waals surface area (Å²) in [4.78, 5) is 11.5. The van der Waals surface area contributed by atoms with E-state index in [2.05, 4.69) is 26.1 Å². The molecular formula is C13H26N2OS. The van der Waals surface area contributed by atoms with E-state index < -0.39 is 5.54 Å². The van der Waals surface area contributed by atoms with Crippen molar-refractivity contribution in [3.05, 3.63) is 0 Å². The van der Waals surface area contributed by atoms with Crippen LogP contribution in [0, 0.1) is 5.92 Å². The first kappa shape index (κ1) is 14.8. The average molecular weight is 258 g/mol. The van der Waals surface area contributed by atoms with E-state index in [9.17, 15) is 4.79 Å². The Morgan fingerprint density at radius 1 is 1.47 bits per heavy atom. The molecule has 17 heavy (non-hydrogen) atoms. The molecule has 0 heterocycles. The van der Waals surface area contributed by atoms with Gasteiger partial charge in [-0.25, -0.2) is 0 Å². The molecule has 0 aromatic heterocycles. The summed E-state index contributed by atoms with van der Waals surface area (Å²) >= 11 is 1.93. The molecule has 0 saturated heterocycles. The van der Waals surface area contributed by atoms with Gasteiger partial charge in [-0.1, -0.05) is 20.8 Å². The van der Waals surface area contributed by atoms with Gasteiger partial charge in [-0.3, -0.25) is 4.79 Å². The Morgan fingerprint density at radius 3 is 2.47 bits per heavy atom. The number of thioether (sulfide) groups is 1. The molecular weight excluding hydrogens is 232 g/mol. The minimum atomic E-state index is -0.523. The van der Waals surface area contributed by atoms with Gasteiger partial charge in [0.05, 0.1) is 5.54 Å². The number of primary amides is 1. The summed E-state index contributed by atoms with van der Waals surface area (Å²) in [6, 6.07) is 0.514. The molecule has 3 N–H and O–H groups in total. The van der Waals surface area contributed by atoms with E-state index >= 15 is 0 Å². The summed E-state index contributed by atoms with van der Waals surface area (Å²) in [6.07, 6.45) is 3.18. The summed E-state index contributed by atoms with van der Waals surface area (Å²) in [5, 5.41) is 4.01. The van der Waals surface area contributed by atoms with E-state index in [0.717, 1.165) is 12.2 Å². The zero-order valence-electron chi connectivity index (χ0n) is 11.5. The van der Waals surface area contributed by atoms with Crippen molar-refractivity contribution < 1.29 is 4.79 Å². The zero-order valence-corrected chi connectivity index (χ0v) is 12.3. The van der Waals surface area contributed by atoms with Crippen LogP contribution < -0.4 is 11.1 Å². The van der Waals surface area contributed by atoms with Crippen LogP contribution in [0.4, 0.5) is 0 Å². The van der Waals surface area contributed by atoms with Crippen molar-refractivity contribution in [2.24, 2.45) is 11.7 Å². The van der Waals surface area contributed by atoms with E-state index in [-0.39, 0.29) is 5.91 Å². The molecule has 3 nitrogen and oxygen atoms in total. The van der Waals surface area contributed by atoms with Gasteiger partial charge in [0.25, 0.3) is 0 Å². The number of hydrogen-bond acceptors (Lipinski definition) is 3. The fourth-order valence-corrected chi connectivity index (χ4v) is 2.87. The van der Waals surface area contributed by atoms with Gasteiger partial charge < -0.3 is 11.1 Å². The van der Waals surface area contributed by atoms with E-state index in [1.165, 1.54) is 12.8 Å². The van der Waals surface area contributed by atoms with Crippen molar-refractivity contribution in [1.29, 1.82) is 0 Å². The van der Waals surface area contributed by atoms with Crippen molar-refractivity contribution in [3.63, 3.8) is 0 Å². The van der Waals surface area contributed by atoms with Gasteiger partial charge in [0.2, 0.25) is 5.91 Å². The Kier molecular flexibility index (Phi) is 5.32. The summed E-state index contributed by atoms with van der Waals surface area (Å²) in [6.45, 7) is 8.64. The molecule has 1 saturated carbocycles. The van der Waals surface area contributed by atoms with Gasteiger partial charge in [-0.05, 0) is 37.9 Å². The summed E-state index contributed by atoms with van der Waals surface area (Å²) in [5.41, 5.74) is 4.99. The molecule has 0 spiro atoms. The molecule has 0 radical (unpaired) electrons. The van der Waals surface area contributed by atoms with Crippen LogP contribution in [0.1, 0.15) is 47.0 Å². The number of nitrogens with one attached hydrogen (secondary N) is 1. The highest BCUT2D eigenvalue weighted by Crippen LogP contribution is 2.26. The van der Waals surface area contributed by atoms with E-state index in [1.807, 2.05) is 18.7 Å². The van der Waals surface area contributed by atoms with E-state index in [0.29, 0.717) is 17.2 Å². The highest BCUT2D eigenvalue weighted by atomic mass is 32.2. The van der Waals surface area contributed by atoms with E-state index in [4.69, 9.17) is 5.73 Å². The second-order valence-electron chi connectivity index (χ2n) is 5.68. The van der Waals surface area contributed by atoms with Crippen LogP contribution in [0.2, 0.25) is 0 Å². The first-order chi connectivity index (χ1) is 7.85. The molecule has 1 aliphatic carbocycles. The van der Waals surface area contributed by atoms with Gasteiger partial charge in [-0.15, -0.1) is 0 Å². The third-order valence-electron chi connectivity index (χ3n) is 3.57. The monoisotopic (exact) mass is 258 g/mol. The highest BCUT2D eigenvalue weighted by Gasteiger charge is 2.36. The topological polar surface area (TPSA) is 55.1 Å². The normalized spacial score (nSPS) is 21.2. The predicted molar refractivity (Wildman–Crippen MR) is 75.1 cm³/mol. The summed E-state index contributed by atoms with van der Waals surface area (Å²) in [5.74, 6) is 1.44. The minimum absolute atomic E-state index is 0.220. The molecule has 1 amide bonds. The number of amides is 1. The van der Waals surface area contributed by atoms with Gasteiger partial charge in [0.1, 0.15) is 0 Å². The van der Waals surface area contributed by atoms with Gasteiger partial charge in [0.15, 0.2) is 0 Å². The minimum Gasteiger partial charge on any atom is -0.368 e. The van der Waals surface area contributed by atoms with Crippen molar-refractivity contribution in [2.45, 2.75) is 63.8 Å². The predicted octanol–water partition coefficient (Wildman–Crippen LogP) is 2.15. The molecule has 0 bridgehead atoms. The Balaban J connectivity index is 2.36. The lowest BCUT2D eigenvalue weighted by Crippen LogP contribution is -2.54. The molecule has 0 aromatic rings. The second-order valence-corrected chi connectivity index (χ2v) is 7.17. The Morgan fingerprint density at radius 2 is 2.06 bits per heavy atom. The Labute approximate surface area is 109 Å². The maximum atomic E-state index is 11.5. The third kappa shape index (κ3) is 4.88. The molecule has 1 aliphatic rings. The number of carbonyl (C=O) groups is 1. The fourth-order valence-electron chi connectivity index (χ4n) is 1.59. The molecule has 2 unspecified atom stereocenters. The Bertz CT molecular complexity index is 266. The third-order valence-corrected chi connectivity index (χ3v) is 5.08. The number of carbonyl (C=O) groups excluding carboxylic acids is 1. The maximum absolute atomic E-state index is 11.5. The number of hydrogen-bond donors (Lipinski definition) is 2. The Hall–Kier alpha value is -0.220. The van der Waals surface area contributed by atoms with Gasteiger partial charge >= 0.3 is 0 Å². The van der Waals surface area contributed by atoms with Crippen LogP contribution in [0.5, 0.6) is 0 Å². The molecule has 1 fully saturated rings. The second kappa shape index (κ2) is 6.10. The smallest absolute Gasteiger partial charge is 0.237 e. The van der Waals surface area contributed by atoms with Gasteiger partial charge in [0, 0.05) is 11.3 Å². The lowest BCUT2D eigenvalue weighted by molar-refractivity contribution is -0.124. The highest BCUT2D eigenvalue weighted by molar-refractivity contribution is 7.99. The van der Waals surface area contributed by atoms with Crippen LogP contribution in [0.3, 0.4) is 0 Å². The quantitative estimate of drug-likeness (QED) is 0.701. The maximum Gasteiger partial charge on any atom is 0.237 e. The standard InChI is InChI=1S/C13H26N2OS/c1-9(2)10(3)17-8-7-13(4,12(14)16)15-11-5-6-11/h9-11,15H,5-8H2,1-4H3,(H2,14,16). The zero-order chi connectivity index (χ0) is 13.1. The summed E-state index contributed by atoms with van der Waals surface area (Å²) < 4.78 is 0. The number of rotatable bonds is 8. The van der Waals surface area contributed by atoms with Gasteiger partial charge in [-0.2, -0.15) is 11.8 Å². The van der Waals surface area contributed by atoms with Crippen molar-refractivity contribution in [2.75, 3.05) is 5.75 Å². The van der Waals surface area contributed by atoms with Crippen molar-refractivity contribution in [1.82, 2.24) is 5.32 Å². The summed E-state index contributed by atoms with van der Waals surface area (Å²) in [7, 11) is 0. The van der Waals surface area contributed by atoms with Crippen LogP contribution in [-0.4, -0.2) is 28.5 Å². The number of nitrogens with two attached hydrogens (primary N) is 1. The lowest BCUT2D eigenvalue weighted by atomic mass is 9.98. The van der Waals surface area contributed by atoms with Crippen LogP contribution in [0.25, 0.3) is 0 Å². The lowest BCUT2D eigenvalue weighted by Gasteiger charge is -2.28. The van der Waals surface area contributed by atoms with Crippen molar-refractivity contribution in [3.8, 4) is 0 Å².